The largest absolute Gasteiger partial charge is 0.457 e. The van der Waals surface area contributed by atoms with Crippen molar-refractivity contribution in [1.82, 2.24) is 0 Å². The lowest BCUT2D eigenvalue weighted by Crippen LogP contribution is -2.19. The van der Waals surface area contributed by atoms with Gasteiger partial charge in [0, 0.05) is 23.0 Å². The van der Waals surface area contributed by atoms with Crippen LogP contribution in [0, 0.1) is 18.9 Å². The molecule has 3 rings (SSSR count). The summed E-state index contributed by atoms with van der Waals surface area (Å²) in [6.45, 7) is 6.96. The smallest absolute Gasteiger partial charge is 0.323 e. The van der Waals surface area contributed by atoms with Crippen LogP contribution >= 0.6 is 0 Å². The van der Waals surface area contributed by atoms with Crippen LogP contribution in [0.25, 0.3) is 4.85 Å². The summed E-state index contributed by atoms with van der Waals surface area (Å²) in [5.74, 6) is 3.70. The zero-order valence-electron chi connectivity index (χ0n) is 14.3. The van der Waals surface area contributed by atoms with Crippen molar-refractivity contribution < 1.29 is 9.53 Å². The van der Waals surface area contributed by atoms with Crippen molar-refractivity contribution in [2.75, 3.05) is 10.6 Å². The number of anilines is 2. The predicted molar refractivity (Wildman–Crippen MR) is 106 cm³/mol. The van der Waals surface area contributed by atoms with Gasteiger partial charge in [0.2, 0.25) is 0 Å². The first-order chi connectivity index (χ1) is 13.2. The van der Waals surface area contributed by atoms with E-state index in [0.717, 1.165) is 0 Å². The zero-order chi connectivity index (χ0) is 19.1. The number of carbonyl (C=O) groups excluding carboxylic acids is 1. The quantitative estimate of drug-likeness (QED) is 0.470. The fourth-order valence-electron chi connectivity index (χ4n) is 2.34. The highest BCUT2D eigenvalue weighted by molar-refractivity contribution is 5.99. The summed E-state index contributed by atoms with van der Waals surface area (Å²) >= 11 is 0. The first-order valence-electron chi connectivity index (χ1n) is 8.06. The number of benzene rings is 3. The lowest BCUT2D eigenvalue weighted by atomic mass is 10.2. The molecule has 3 aromatic rings. The Balaban J connectivity index is 1.65. The molecule has 0 atom stereocenters. The number of urea groups is 1. The minimum absolute atomic E-state index is 0.386. The maximum absolute atomic E-state index is 12.2. The highest BCUT2D eigenvalue weighted by Crippen LogP contribution is 2.26. The Bertz CT molecular complexity index is 1040. The monoisotopic (exact) mass is 353 g/mol. The standard InChI is InChI=1S/C22H15N3O2/c1-3-16-6-4-7-18(14-16)24-22(26)25-19-8-5-9-21(15-19)27-20-12-10-17(23-2)11-13-20/h1,4-15H,(H2,24,25,26). The van der Waals surface area contributed by atoms with Gasteiger partial charge in [0.05, 0.1) is 6.57 Å². The molecule has 0 saturated heterocycles. The summed E-state index contributed by atoms with van der Waals surface area (Å²) in [6.07, 6.45) is 5.36. The van der Waals surface area contributed by atoms with Gasteiger partial charge in [-0.15, -0.1) is 6.42 Å². The van der Waals surface area contributed by atoms with E-state index in [2.05, 4.69) is 21.4 Å². The molecule has 0 aliphatic rings. The lowest BCUT2D eigenvalue weighted by molar-refractivity contribution is 0.262. The van der Waals surface area contributed by atoms with Crippen LogP contribution in [0.5, 0.6) is 11.5 Å². The first kappa shape index (κ1) is 17.6. The average molecular weight is 353 g/mol. The summed E-state index contributed by atoms with van der Waals surface area (Å²) in [5, 5.41) is 5.48. The Labute approximate surface area is 157 Å². The Kier molecular flexibility index (Phi) is 5.37. The van der Waals surface area contributed by atoms with Crippen molar-refractivity contribution in [2.24, 2.45) is 0 Å². The van der Waals surface area contributed by atoms with E-state index in [1.165, 1.54) is 0 Å². The van der Waals surface area contributed by atoms with Gasteiger partial charge in [-0.25, -0.2) is 9.64 Å². The molecule has 5 heteroatoms. The number of amides is 2. The third-order valence-electron chi connectivity index (χ3n) is 3.58. The van der Waals surface area contributed by atoms with Gasteiger partial charge < -0.3 is 15.4 Å². The highest BCUT2D eigenvalue weighted by atomic mass is 16.5. The van der Waals surface area contributed by atoms with Gasteiger partial charge in [0.25, 0.3) is 0 Å². The van der Waals surface area contributed by atoms with Crippen LogP contribution < -0.4 is 15.4 Å². The number of hydrogen-bond acceptors (Lipinski definition) is 2. The Morgan fingerprint density at radius 3 is 2.26 bits per heavy atom. The number of terminal acetylenes is 1. The SMILES string of the molecule is [C-]#[N+]c1ccc(Oc2cccc(NC(=O)Nc3cccc(C#C)c3)c2)cc1. The molecule has 0 fully saturated rings. The molecule has 0 unspecified atom stereocenters. The molecule has 0 radical (unpaired) electrons. The van der Waals surface area contributed by atoms with Crippen LogP contribution in [0.1, 0.15) is 5.56 Å². The van der Waals surface area contributed by atoms with E-state index in [4.69, 9.17) is 17.7 Å². The Morgan fingerprint density at radius 1 is 0.926 bits per heavy atom. The van der Waals surface area contributed by atoms with Gasteiger partial charge in [-0.05, 0) is 42.5 Å². The number of hydrogen-bond donors (Lipinski definition) is 2. The van der Waals surface area contributed by atoms with Gasteiger partial charge in [0.15, 0.2) is 5.69 Å². The third kappa shape index (κ3) is 4.88. The maximum Gasteiger partial charge on any atom is 0.323 e. The molecule has 0 aromatic heterocycles. The van der Waals surface area contributed by atoms with E-state index in [-0.39, 0.29) is 6.03 Å². The number of ether oxygens (including phenoxy) is 1. The molecule has 27 heavy (non-hydrogen) atoms. The summed E-state index contributed by atoms with van der Waals surface area (Å²) in [4.78, 5) is 15.5. The second kappa shape index (κ2) is 8.24. The van der Waals surface area contributed by atoms with E-state index in [1.54, 1.807) is 72.8 Å². The Hall–Kier alpha value is -4.22. The second-order valence-corrected chi connectivity index (χ2v) is 5.54. The van der Waals surface area contributed by atoms with Crippen molar-refractivity contribution >= 4 is 23.1 Å². The molecule has 3 aromatic carbocycles. The zero-order valence-corrected chi connectivity index (χ0v) is 14.3. The fourth-order valence-corrected chi connectivity index (χ4v) is 2.34. The number of nitrogens with one attached hydrogen (secondary N) is 2. The first-order valence-corrected chi connectivity index (χ1v) is 8.06. The molecule has 2 N–H and O–H groups in total. The lowest BCUT2D eigenvalue weighted by Gasteiger charge is -2.10. The topological polar surface area (TPSA) is 54.7 Å². The van der Waals surface area contributed by atoms with E-state index < -0.39 is 0 Å². The van der Waals surface area contributed by atoms with E-state index in [9.17, 15) is 4.79 Å². The van der Waals surface area contributed by atoms with E-state index >= 15 is 0 Å². The summed E-state index contributed by atoms with van der Waals surface area (Å²) in [6, 6.07) is 20.5. The Morgan fingerprint density at radius 2 is 1.59 bits per heavy atom. The normalized spacial score (nSPS) is 9.56. The molecule has 0 aliphatic carbocycles. The molecule has 2 amide bonds. The van der Waals surface area contributed by atoms with Crippen LogP contribution in [0.15, 0.2) is 72.8 Å². The van der Waals surface area contributed by atoms with Crippen LogP contribution in [0.4, 0.5) is 21.9 Å². The molecule has 0 bridgehead atoms. The molecular formula is C22H15N3O2. The van der Waals surface area contributed by atoms with Gasteiger partial charge in [0.1, 0.15) is 11.5 Å². The van der Waals surface area contributed by atoms with Crippen molar-refractivity contribution in [3.8, 4) is 23.8 Å². The highest BCUT2D eigenvalue weighted by Gasteiger charge is 2.05. The molecular weight excluding hydrogens is 338 g/mol. The maximum atomic E-state index is 12.2. The van der Waals surface area contributed by atoms with Crippen LogP contribution in [0.2, 0.25) is 0 Å². The average Bonchev–Trinajstić information content (AvgIpc) is 2.69. The molecule has 0 saturated carbocycles. The van der Waals surface area contributed by atoms with Crippen LogP contribution in [-0.4, -0.2) is 6.03 Å². The number of nitrogens with zero attached hydrogens (tertiary/aromatic N) is 1. The minimum atomic E-state index is -0.386. The molecule has 0 heterocycles. The summed E-state index contributed by atoms with van der Waals surface area (Å²) in [7, 11) is 0. The van der Waals surface area contributed by atoms with Crippen LogP contribution in [0.3, 0.4) is 0 Å². The summed E-state index contributed by atoms with van der Waals surface area (Å²) < 4.78 is 5.75. The minimum Gasteiger partial charge on any atom is -0.457 e. The molecule has 0 spiro atoms. The van der Waals surface area contributed by atoms with E-state index in [0.29, 0.717) is 34.1 Å². The third-order valence-corrected chi connectivity index (χ3v) is 3.58. The predicted octanol–water partition coefficient (Wildman–Crippen LogP) is 5.65. The fraction of sp³-hybridized carbons (Fsp3) is 0. The van der Waals surface area contributed by atoms with Crippen molar-refractivity contribution in [3.63, 3.8) is 0 Å². The molecule has 5 nitrogen and oxygen atoms in total. The van der Waals surface area contributed by atoms with Gasteiger partial charge in [-0.2, -0.15) is 0 Å². The number of rotatable bonds is 4. The number of carbonyl (C=O) groups is 1. The van der Waals surface area contributed by atoms with Crippen molar-refractivity contribution in [3.05, 3.63) is 89.8 Å². The van der Waals surface area contributed by atoms with Gasteiger partial charge in [-0.1, -0.05) is 30.2 Å². The second-order valence-electron chi connectivity index (χ2n) is 5.54. The van der Waals surface area contributed by atoms with Crippen molar-refractivity contribution in [2.45, 2.75) is 0 Å². The van der Waals surface area contributed by atoms with Crippen LogP contribution in [-0.2, 0) is 0 Å². The van der Waals surface area contributed by atoms with Gasteiger partial charge in [-0.3, -0.25) is 0 Å². The molecule has 0 aliphatic heterocycles. The molecule has 130 valence electrons. The summed E-state index contributed by atoms with van der Waals surface area (Å²) in [5.41, 5.74) is 2.42. The van der Waals surface area contributed by atoms with E-state index in [1.807, 2.05) is 0 Å². The van der Waals surface area contributed by atoms with Crippen molar-refractivity contribution in [1.29, 1.82) is 0 Å². The van der Waals surface area contributed by atoms with Gasteiger partial charge >= 0.3 is 6.03 Å².